The summed E-state index contributed by atoms with van der Waals surface area (Å²) in [6, 6.07) is 14.3. The summed E-state index contributed by atoms with van der Waals surface area (Å²) in [6.07, 6.45) is 8.10. The van der Waals surface area contributed by atoms with Gasteiger partial charge in [-0.05, 0) is 55.1 Å². The smallest absolute Gasteiger partial charge is 0.237 e. The molecule has 3 aliphatic rings. The number of aromatic amines is 1. The van der Waals surface area contributed by atoms with E-state index in [0.29, 0.717) is 32.7 Å². The van der Waals surface area contributed by atoms with E-state index in [1.165, 1.54) is 11.1 Å². The predicted molar refractivity (Wildman–Crippen MR) is 152 cm³/mol. The Kier molecular flexibility index (Phi) is 6.00. The first-order valence-electron chi connectivity index (χ1n) is 13.9. The average Bonchev–Trinajstić information content (AvgIpc) is 3.78. The van der Waals surface area contributed by atoms with Gasteiger partial charge in [0.25, 0.3) is 0 Å². The molecule has 0 bridgehead atoms. The molecule has 5 heterocycles. The van der Waals surface area contributed by atoms with Crippen LogP contribution < -0.4 is 4.90 Å². The summed E-state index contributed by atoms with van der Waals surface area (Å²) < 4.78 is 1.70. The Labute approximate surface area is 232 Å². The van der Waals surface area contributed by atoms with E-state index in [9.17, 15) is 9.59 Å². The van der Waals surface area contributed by atoms with Gasteiger partial charge in [-0.25, -0.2) is 4.98 Å². The van der Waals surface area contributed by atoms with E-state index in [1.54, 1.807) is 17.2 Å². The Hall–Kier alpha value is -4.31. The first-order chi connectivity index (χ1) is 19.5. The van der Waals surface area contributed by atoms with E-state index < -0.39 is 5.41 Å². The molecule has 2 amide bonds. The van der Waals surface area contributed by atoms with E-state index >= 15 is 0 Å². The van der Waals surface area contributed by atoms with Gasteiger partial charge < -0.3 is 9.80 Å². The third kappa shape index (κ3) is 4.38. The molecule has 0 radical (unpaired) electrons. The standard InChI is InChI=1S/C30H32N8O2/c1-35-20-31-28(34-35)23-4-2-21(3-5-23)22-8-12-37(13-9-22)27(39)18-36-14-10-30(19-36)11-15-38(29(30)40)25-6-7-26-24(16-25)17-32-33-26/h2-8,16-17,20H,9-15,18-19H2,1H3,(H,32,33). The largest absolute Gasteiger partial charge is 0.338 e. The lowest BCUT2D eigenvalue weighted by Gasteiger charge is -2.29. The first-order valence-corrected chi connectivity index (χ1v) is 13.9. The molecule has 7 rings (SSSR count). The second kappa shape index (κ2) is 9.71. The number of carbonyl (C=O) groups is 2. The Morgan fingerprint density at radius 2 is 1.88 bits per heavy atom. The van der Waals surface area contributed by atoms with Gasteiger partial charge in [-0.3, -0.25) is 24.3 Å². The van der Waals surface area contributed by atoms with Crippen LogP contribution in [0.15, 0.2) is 61.1 Å². The second-order valence-corrected chi connectivity index (χ2v) is 11.2. The summed E-state index contributed by atoms with van der Waals surface area (Å²) in [6.45, 7) is 3.82. The van der Waals surface area contributed by atoms with Crippen LogP contribution in [0.3, 0.4) is 0 Å². The molecule has 1 atom stereocenters. The summed E-state index contributed by atoms with van der Waals surface area (Å²) in [5.74, 6) is 1.03. The van der Waals surface area contributed by atoms with E-state index in [2.05, 4.69) is 43.4 Å². The number of H-pyrrole nitrogens is 1. The van der Waals surface area contributed by atoms with Crippen molar-refractivity contribution in [2.45, 2.75) is 19.3 Å². The lowest BCUT2D eigenvalue weighted by molar-refractivity contribution is -0.132. The Bertz CT molecular complexity index is 1620. The average molecular weight is 537 g/mol. The number of benzene rings is 2. The van der Waals surface area contributed by atoms with Crippen molar-refractivity contribution >= 4 is 34.0 Å². The monoisotopic (exact) mass is 536 g/mol. The second-order valence-electron chi connectivity index (χ2n) is 11.2. The summed E-state index contributed by atoms with van der Waals surface area (Å²) in [4.78, 5) is 37.1. The zero-order valence-electron chi connectivity index (χ0n) is 22.6. The van der Waals surface area contributed by atoms with Gasteiger partial charge in [-0.1, -0.05) is 30.3 Å². The molecule has 10 heteroatoms. The maximum atomic E-state index is 13.6. The number of rotatable bonds is 5. The molecule has 0 saturated carbocycles. The van der Waals surface area contributed by atoms with Crippen molar-refractivity contribution in [1.29, 1.82) is 0 Å². The molecule has 0 aliphatic carbocycles. The van der Waals surface area contributed by atoms with Gasteiger partial charge >= 0.3 is 0 Å². The molecule has 1 N–H and O–H groups in total. The third-order valence-electron chi connectivity index (χ3n) is 8.72. The summed E-state index contributed by atoms with van der Waals surface area (Å²) >= 11 is 0. The Morgan fingerprint density at radius 1 is 1.05 bits per heavy atom. The van der Waals surface area contributed by atoms with Gasteiger partial charge in [-0.2, -0.15) is 10.2 Å². The SMILES string of the molecule is Cn1cnc(-c2ccc(C3=CCN(C(=O)CN4CCC5(CCN(c6ccc7[nH]ncc7c6)C5=O)C4)CC3)cc2)n1. The maximum absolute atomic E-state index is 13.6. The molecular formula is C30H32N8O2. The van der Waals surface area contributed by atoms with Gasteiger partial charge in [-0.15, -0.1) is 0 Å². The third-order valence-corrected chi connectivity index (χ3v) is 8.72. The molecule has 3 aliphatic heterocycles. The molecule has 4 aromatic rings. The number of nitrogens with zero attached hydrogens (tertiary/aromatic N) is 7. The minimum absolute atomic E-state index is 0.136. The van der Waals surface area contributed by atoms with Crippen molar-refractivity contribution in [2.75, 3.05) is 44.2 Å². The fraction of sp³-hybridized carbons (Fsp3) is 0.367. The fourth-order valence-corrected chi connectivity index (χ4v) is 6.39. The maximum Gasteiger partial charge on any atom is 0.237 e. The number of carbonyl (C=O) groups excluding carboxylic acids is 2. The number of anilines is 1. The lowest BCUT2D eigenvalue weighted by atomic mass is 9.85. The topological polar surface area (TPSA) is 103 Å². The van der Waals surface area contributed by atoms with Crippen LogP contribution >= 0.6 is 0 Å². The van der Waals surface area contributed by atoms with E-state index in [0.717, 1.165) is 53.8 Å². The number of fused-ring (bicyclic) bond motifs is 1. The van der Waals surface area contributed by atoms with E-state index in [1.807, 2.05) is 47.2 Å². The van der Waals surface area contributed by atoms with Crippen LogP contribution in [-0.4, -0.2) is 85.8 Å². The number of hydrogen-bond acceptors (Lipinski definition) is 6. The van der Waals surface area contributed by atoms with Crippen LogP contribution in [0.5, 0.6) is 0 Å². The highest BCUT2D eigenvalue weighted by molar-refractivity contribution is 6.01. The first kappa shape index (κ1) is 24.7. The molecule has 2 aromatic carbocycles. The van der Waals surface area contributed by atoms with Crippen LogP contribution in [0.2, 0.25) is 0 Å². The van der Waals surface area contributed by atoms with Gasteiger partial charge in [0.05, 0.1) is 23.7 Å². The van der Waals surface area contributed by atoms with Gasteiger partial charge in [0.15, 0.2) is 5.82 Å². The number of amides is 2. The molecule has 10 nitrogen and oxygen atoms in total. The highest BCUT2D eigenvalue weighted by Crippen LogP contribution is 2.42. The van der Waals surface area contributed by atoms with Crippen LogP contribution in [-0.2, 0) is 16.6 Å². The van der Waals surface area contributed by atoms with E-state index in [-0.39, 0.29) is 11.8 Å². The number of hydrogen-bond donors (Lipinski definition) is 1. The molecule has 40 heavy (non-hydrogen) atoms. The van der Waals surface area contributed by atoms with Crippen LogP contribution in [0.1, 0.15) is 24.8 Å². The number of likely N-dealkylation sites (tertiary alicyclic amines) is 1. The predicted octanol–water partition coefficient (Wildman–Crippen LogP) is 3.10. The fourth-order valence-electron chi connectivity index (χ4n) is 6.39. The van der Waals surface area contributed by atoms with Crippen LogP contribution in [0.25, 0.3) is 27.9 Å². The Morgan fingerprint density at radius 3 is 2.65 bits per heavy atom. The van der Waals surface area contributed by atoms with Crippen molar-refractivity contribution in [3.8, 4) is 11.4 Å². The van der Waals surface area contributed by atoms with Crippen molar-refractivity contribution in [3.63, 3.8) is 0 Å². The highest BCUT2D eigenvalue weighted by atomic mass is 16.2. The number of aromatic nitrogens is 5. The van der Waals surface area contributed by atoms with E-state index in [4.69, 9.17) is 0 Å². The summed E-state index contributed by atoms with van der Waals surface area (Å²) in [5.41, 5.74) is 4.91. The summed E-state index contributed by atoms with van der Waals surface area (Å²) in [5, 5.41) is 12.4. The molecule has 2 saturated heterocycles. The molecule has 1 unspecified atom stereocenters. The zero-order valence-corrected chi connectivity index (χ0v) is 22.6. The summed E-state index contributed by atoms with van der Waals surface area (Å²) in [7, 11) is 1.86. The number of aryl methyl sites for hydroxylation is 1. The van der Waals surface area contributed by atoms with Crippen LogP contribution in [0.4, 0.5) is 5.69 Å². The van der Waals surface area contributed by atoms with Crippen molar-refractivity contribution in [2.24, 2.45) is 12.5 Å². The van der Waals surface area contributed by atoms with Crippen LogP contribution in [0, 0.1) is 5.41 Å². The lowest BCUT2D eigenvalue weighted by Crippen LogP contribution is -2.43. The molecule has 2 aromatic heterocycles. The van der Waals surface area contributed by atoms with Crippen molar-refractivity contribution in [1.82, 2.24) is 34.8 Å². The Balaban J connectivity index is 0.951. The van der Waals surface area contributed by atoms with Gasteiger partial charge in [0.2, 0.25) is 11.8 Å². The minimum Gasteiger partial charge on any atom is -0.338 e. The normalized spacial score (nSPS) is 21.6. The molecule has 204 valence electrons. The molecular weight excluding hydrogens is 504 g/mol. The molecule has 1 spiro atoms. The minimum atomic E-state index is -0.391. The highest BCUT2D eigenvalue weighted by Gasteiger charge is 2.51. The molecule has 2 fully saturated rings. The van der Waals surface area contributed by atoms with Gasteiger partial charge in [0.1, 0.15) is 6.33 Å². The number of nitrogens with one attached hydrogen (secondary N) is 1. The van der Waals surface area contributed by atoms with Crippen molar-refractivity contribution in [3.05, 3.63) is 66.6 Å². The zero-order chi connectivity index (χ0) is 27.3. The quantitative estimate of drug-likeness (QED) is 0.421. The van der Waals surface area contributed by atoms with Crippen molar-refractivity contribution < 1.29 is 9.59 Å². The van der Waals surface area contributed by atoms with Gasteiger partial charge in [0, 0.05) is 49.9 Å².